The van der Waals surface area contributed by atoms with E-state index in [0.717, 1.165) is 25.4 Å². The number of hydrogen-bond acceptors (Lipinski definition) is 3. The molecule has 106 valence electrons. The van der Waals surface area contributed by atoms with E-state index in [1.54, 1.807) is 0 Å². The van der Waals surface area contributed by atoms with E-state index in [9.17, 15) is 0 Å². The van der Waals surface area contributed by atoms with Gasteiger partial charge in [0.2, 0.25) is 0 Å². The van der Waals surface area contributed by atoms with Crippen LogP contribution in [0.25, 0.3) is 0 Å². The Hall–Kier alpha value is -1.06. The van der Waals surface area contributed by atoms with E-state index in [0.29, 0.717) is 6.10 Å². The highest BCUT2D eigenvalue weighted by Gasteiger charge is 2.15. The molecule has 2 unspecified atom stereocenters. The Morgan fingerprint density at radius 2 is 2.11 bits per heavy atom. The molecule has 1 heterocycles. The van der Waals surface area contributed by atoms with Crippen molar-refractivity contribution in [2.45, 2.75) is 45.8 Å². The van der Waals surface area contributed by atoms with Crippen LogP contribution in [0.2, 0.25) is 0 Å². The normalized spacial score (nSPS) is 20.5. The van der Waals surface area contributed by atoms with Crippen molar-refractivity contribution in [3.05, 3.63) is 29.3 Å². The molecule has 0 saturated carbocycles. The Morgan fingerprint density at radius 1 is 1.37 bits per heavy atom. The molecule has 0 aliphatic carbocycles. The fraction of sp³-hybridized carbons (Fsp3) is 0.625. The van der Waals surface area contributed by atoms with Gasteiger partial charge in [-0.05, 0) is 44.7 Å². The molecule has 1 aliphatic heterocycles. The van der Waals surface area contributed by atoms with Crippen LogP contribution in [0.3, 0.4) is 0 Å². The Bertz CT molecular complexity index is 379. The minimum atomic E-state index is 0.168. The fourth-order valence-corrected chi connectivity index (χ4v) is 2.48. The van der Waals surface area contributed by atoms with Gasteiger partial charge in [-0.1, -0.05) is 18.2 Å². The number of ether oxygens (including phenoxy) is 2. The van der Waals surface area contributed by atoms with E-state index < -0.39 is 0 Å². The molecule has 2 atom stereocenters. The molecule has 1 saturated heterocycles. The molecule has 1 aliphatic rings. The van der Waals surface area contributed by atoms with Crippen LogP contribution in [-0.2, 0) is 4.74 Å². The molecular weight excluding hydrogens is 238 g/mol. The van der Waals surface area contributed by atoms with Gasteiger partial charge >= 0.3 is 0 Å². The average molecular weight is 263 g/mol. The van der Waals surface area contributed by atoms with Gasteiger partial charge in [-0.15, -0.1) is 0 Å². The standard InChI is InChI=1S/C16H25NO2/c1-12-6-4-7-13(2)16(12)19-14(3)10-17-11-15-8-5-9-18-15/h4,6-7,14-15,17H,5,8-11H2,1-3H3. The largest absolute Gasteiger partial charge is 0.489 e. The summed E-state index contributed by atoms with van der Waals surface area (Å²) in [6, 6.07) is 6.25. The smallest absolute Gasteiger partial charge is 0.125 e. The Kier molecular flexibility index (Phi) is 5.23. The van der Waals surface area contributed by atoms with E-state index in [4.69, 9.17) is 9.47 Å². The van der Waals surface area contributed by atoms with Crippen LogP contribution in [0.1, 0.15) is 30.9 Å². The van der Waals surface area contributed by atoms with Gasteiger partial charge in [-0.25, -0.2) is 0 Å². The molecular formula is C16H25NO2. The van der Waals surface area contributed by atoms with E-state index in [2.05, 4.69) is 44.3 Å². The maximum absolute atomic E-state index is 6.04. The van der Waals surface area contributed by atoms with Crippen LogP contribution in [0.15, 0.2) is 18.2 Å². The van der Waals surface area contributed by atoms with Crippen LogP contribution in [0.5, 0.6) is 5.75 Å². The highest BCUT2D eigenvalue weighted by molar-refractivity contribution is 5.39. The van der Waals surface area contributed by atoms with Gasteiger partial charge in [0.15, 0.2) is 0 Å². The van der Waals surface area contributed by atoms with E-state index in [1.165, 1.54) is 24.0 Å². The van der Waals surface area contributed by atoms with E-state index >= 15 is 0 Å². The lowest BCUT2D eigenvalue weighted by Crippen LogP contribution is -2.34. The summed E-state index contributed by atoms with van der Waals surface area (Å²) < 4.78 is 11.6. The van der Waals surface area contributed by atoms with Gasteiger partial charge in [-0.2, -0.15) is 0 Å². The molecule has 0 radical (unpaired) electrons. The van der Waals surface area contributed by atoms with Gasteiger partial charge in [0.1, 0.15) is 11.9 Å². The summed E-state index contributed by atoms with van der Waals surface area (Å²) in [5, 5.41) is 3.44. The second-order valence-electron chi connectivity index (χ2n) is 5.44. The third-order valence-corrected chi connectivity index (χ3v) is 3.56. The lowest BCUT2D eigenvalue weighted by Gasteiger charge is -2.19. The lowest BCUT2D eigenvalue weighted by molar-refractivity contribution is 0.106. The molecule has 1 aromatic carbocycles. The molecule has 19 heavy (non-hydrogen) atoms. The van der Waals surface area contributed by atoms with Crippen LogP contribution < -0.4 is 10.1 Å². The molecule has 0 aromatic heterocycles. The van der Waals surface area contributed by atoms with Crippen LogP contribution in [-0.4, -0.2) is 31.9 Å². The van der Waals surface area contributed by atoms with E-state index in [-0.39, 0.29) is 6.10 Å². The van der Waals surface area contributed by atoms with Crippen LogP contribution >= 0.6 is 0 Å². The second kappa shape index (κ2) is 6.92. The second-order valence-corrected chi connectivity index (χ2v) is 5.44. The summed E-state index contributed by atoms with van der Waals surface area (Å²) in [7, 11) is 0. The first kappa shape index (κ1) is 14.4. The van der Waals surface area contributed by atoms with Gasteiger partial charge in [0, 0.05) is 19.7 Å². The summed E-state index contributed by atoms with van der Waals surface area (Å²) in [4.78, 5) is 0. The third kappa shape index (κ3) is 4.22. The van der Waals surface area contributed by atoms with Crippen LogP contribution in [0.4, 0.5) is 0 Å². The molecule has 3 nitrogen and oxygen atoms in total. The van der Waals surface area contributed by atoms with Gasteiger partial charge < -0.3 is 14.8 Å². The van der Waals surface area contributed by atoms with Crippen molar-refractivity contribution in [2.24, 2.45) is 0 Å². The molecule has 2 rings (SSSR count). The average Bonchev–Trinajstić information content (AvgIpc) is 2.87. The number of rotatable bonds is 6. The SMILES string of the molecule is Cc1cccc(C)c1OC(C)CNCC1CCCO1. The first-order chi connectivity index (χ1) is 9.16. The molecule has 1 aromatic rings. The first-order valence-corrected chi connectivity index (χ1v) is 7.22. The minimum Gasteiger partial charge on any atom is -0.489 e. The summed E-state index contributed by atoms with van der Waals surface area (Å²) in [5.41, 5.74) is 2.40. The summed E-state index contributed by atoms with van der Waals surface area (Å²) in [6.07, 6.45) is 2.94. The van der Waals surface area contributed by atoms with Crippen molar-refractivity contribution < 1.29 is 9.47 Å². The van der Waals surface area contributed by atoms with Crippen molar-refractivity contribution in [3.63, 3.8) is 0 Å². The summed E-state index contributed by atoms with van der Waals surface area (Å²) in [6.45, 7) is 8.99. The molecule has 0 amide bonds. The number of para-hydroxylation sites is 1. The van der Waals surface area contributed by atoms with Crippen LogP contribution in [0, 0.1) is 13.8 Å². The van der Waals surface area contributed by atoms with Crippen molar-refractivity contribution in [1.29, 1.82) is 0 Å². The number of nitrogens with one attached hydrogen (secondary N) is 1. The van der Waals surface area contributed by atoms with E-state index in [1.807, 2.05) is 0 Å². The predicted octanol–water partition coefficient (Wildman–Crippen LogP) is 2.84. The molecule has 3 heteroatoms. The number of aryl methyl sites for hydroxylation is 2. The van der Waals surface area contributed by atoms with Crippen molar-refractivity contribution >= 4 is 0 Å². The topological polar surface area (TPSA) is 30.5 Å². The summed E-state index contributed by atoms with van der Waals surface area (Å²) in [5.74, 6) is 1.02. The Labute approximate surface area is 116 Å². The van der Waals surface area contributed by atoms with Gasteiger partial charge in [0.25, 0.3) is 0 Å². The number of benzene rings is 1. The van der Waals surface area contributed by atoms with Gasteiger partial charge in [0.05, 0.1) is 6.10 Å². The quantitative estimate of drug-likeness (QED) is 0.856. The number of hydrogen-bond donors (Lipinski definition) is 1. The summed E-state index contributed by atoms with van der Waals surface area (Å²) >= 11 is 0. The van der Waals surface area contributed by atoms with Crippen molar-refractivity contribution in [2.75, 3.05) is 19.7 Å². The Morgan fingerprint density at radius 3 is 2.74 bits per heavy atom. The monoisotopic (exact) mass is 263 g/mol. The van der Waals surface area contributed by atoms with Crippen molar-refractivity contribution in [3.8, 4) is 5.75 Å². The zero-order valence-corrected chi connectivity index (χ0v) is 12.2. The lowest BCUT2D eigenvalue weighted by atomic mass is 10.1. The minimum absolute atomic E-state index is 0.168. The molecule has 0 spiro atoms. The fourth-order valence-electron chi connectivity index (χ4n) is 2.48. The highest BCUT2D eigenvalue weighted by atomic mass is 16.5. The zero-order chi connectivity index (χ0) is 13.7. The Balaban J connectivity index is 1.75. The highest BCUT2D eigenvalue weighted by Crippen LogP contribution is 2.23. The van der Waals surface area contributed by atoms with Gasteiger partial charge in [-0.3, -0.25) is 0 Å². The molecule has 1 N–H and O–H groups in total. The predicted molar refractivity (Wildman–Crippen MR) is 77.8 cm³/mol. The zero-order valence-electron chi connectivity index (χ0n) is 12.2. The van der Waals surface area contributed by atoms with Crippen molar-refractivity contribution in [1.82, 2.24) is 5.32 Å². The first-order valence-electron chi connectivity index (χ1n) is 7.22. The maximum Gasteiger partial charge on any atom is 0.125 e. The molecule has 1 fully saturated rings. The maximum atomic E-state index is 6.04. The molecule has 0 bridgehead atoms. The third-order valence-electron chi connectivity index (χ3n) is 3.56.